The van der Waals surface area contributed by atoms with Crippen molar-refractivity contribution in [3.05, 3.63) is 24.3 Å². The van der Waals surface area contributed by atoms with Gasteiger partial charge in [0.25, 0.3) is 5.91 Å². The first-order chi connectivity index (χ1) is 8.61. The quantitative estimate of drug-likeness (QED) is 0.759. The van der Waals surface area contributed by atoms with Crippen LogP contribution in [0.1, 0.15) is 13.8 Å². The van der Waals surface area contributed by atoms with E-state index in [0.29, 0.717) is 12.4 Å². The Hall–Kier alpha value is -1.75. The van der Waals surface area contributed by atoms with Crippen LogP contribution in [0.4, 0.5) is 0 Å². The molecule has 0 saturated heterocycles. The van der Waals surface area contributed by atoms with Crippen LogP contribution in [0, 0.1) is 0 Å². The Morgan fingerprint density at radius 1 is 1.28 bits per heavy atom. The lowest BCUT2D eigenvalue weighted by Crippen LogP contribution is -2.34. The van der Waals surface area contributed by atoms with Crippen molar-refractivity contribution >= 4 is 5.91 Å². The predicted molar refractivity (Wildman–Crippen MR) is 67.8 cm³/mol. The summed E-state index contributed by atoms with van der Waals surface area (Å²) in [6.45, 7) is 4.29. The molecule has 2 N–H and O–H groups in total. The van der Waals surface area contributed by atoms with Crippen molar-refractivity contribution < 1.29 is 19.4 Å². The van der Waals surface area contributed by atoms with Crippen molar-refractivity contribution in [2.75, 3.05) is 19.8 Å². The summed E-state index contributed by atoms with van der Waals surface area (Å²) in [5.41, 5.74) is 0. The number of hydrogen-bond acceptors (Lipinski definition) is 4. The van der Waals surface area contributed by atoms with Crippen LogP contribution >= 0.6 is 0 Å². The SMILES string of the molecule is CCOc1ccc(OCC(=O)NC[C@H](C)O)cc1. The molecule has 0 heterocycles. The van der Waals surface area contributed by atoms with Gasteiger partial charge in [-0.1, -0.05) is 0 Å². The van der Waals surface area contributed by atoms with E-state index < -0.39 is 6.10 Å². The second-order valence-electron chi connectivity index (χ2n) is 3.85. The smallest absolute Gasteiger partial charge is 0.258 e. The van der Waals surface area contributed by atoms with Crippen LogP contribution in [-0.4, -0.2) is 36.9 Å². The van der Waals surface area contributed by atoms with Gasteiger partial charge in [0.05, 0.1) is 12.7 Å². The van der Waals surface area contributed by atoms with Gasteiger partial charge in [-0.25, -0.2) is 0 Å². The lowest BCUT2D eigenvalue weighted by atomic mass is 10.3. The summed E-state index contributed by atoms with van der Waals surface area (Å²) < 4.78 is 10.6. The summed E-state index contributed by atoms with van der Waals surface area (Å²) in [6.07, 6.45) is -0.556. The lowest BCUT2D eigenvalue weighted by Gasteiger charge is -2.09. The largest absolute Gasteiger partial charge is 0.494 e. The first-order valence-electron chi connectivity index (χ1n) is 5.92. The van der Waals surface area contributed by atoms with Crippen LogP contribution in [-0.2, 0) is 4.79 Å². The summed E-state index contributed by atoms with van der Waals surface area (Å²) in [5.74, 6) is 1.11. The van der Waals surface area contributed by atoms with Gasteiger partial charge < -0.3 is 19.9 Å². The van der Waals surface area contributed by atoms with Gasteiger partial charge in [-0.2, -0.15) is 0 Å². The number of ether oxygens (including phenoxy) is 2. The molecule has 1 aromatic rings. The zero-order valence-corrected chi connectivity index (χ0v) is 10.7. The number of carbonyl (C=O) groups is 1. The summed E-state index contributed by atoms with van der Waals surface area (Å²) in [5, 5.41) is 11.5. The van der Waals surface area contributed by atoms with E-state index in [1.54, 1.807) is 31.2 Å². The van der Waals surface area contributed by atoms with E-state index in [1.165, 1.54) is 0 Å². The van der Waals surface area contributed by atoms with E-state index in [-0.39, 0.29) is 19.1 Å². The van der Waals surface area contributed by atoms with Crippen LogP contribution in [0.3, 0.4) is 0 Å². The van der Waals surface area contributed by atoms with Crippen LogP contribution in [0.5, 0.6) is 11.5 Å². The minimum Gasteiger partial charge on any atom is -0.494 e. The Morgan fingerprint density at radius 2 is 1.83 bits per heavy atom. The molecule has 0 aromatic heterocycles. The molecule has 5 heteroatoms. The van der Waals surface area contributed by atoms with Crippen molar-refractivity contribution in [2.24, 2.45) is 0 Å². The number of aliphatic hydroxyl groups excluding tert-OH is 1. The minimum absolute atomic E-state index is 0.0687. The molecule has 0 radical (unpaired) electrons. The molecule has 0 spiro atoms. The van der Waals surface area contributed by atoms with Crippen LogP contribution in [0.15, 0.2) is 24.3 Å². The van der Waals surface area contributed by atoms with Gasteiger partial charge in [-0.05, 0) is 38.1 Å². The maximum Gasteiger partial charge on any atom is 0.258 e. The van der Waals surface area contributed by atoms with Gasteiger partial charge in [0.15, 0.2) is 6.61 Å². The highest BCUT2D eigenvalue weighted by molar-refractivity contribution is 5.77. The van der Waals surface area contributed by atoms with Gasteiger partial charge in [-0.3, -0.25) is 4.79 Å². The molecule has 18 heavy (non-hydrogen) atoms. The van der Waals surface area contributed by atoms with E-state index in [1.807, 2.05) is 6.92 Å². The first kappa shape index (κ1) is 14.3. The molecule has 100 valence electrons. The maximum absolute atomic E-state index is 11.3. The lowest BCUT2D eigenvalue weighted by molar-refractivity contribution is -0.123. The fraction of sp³-hybridized carbons (Fsp3) is 0.462. The summed E-state index contributed by atoms with van der Waals surface area (Å²) in [4.78, 5) is 11.3. The normalized spacial score (nSPS) is 11.7. The molecule has 0 unspecified atom stereocenters. The zero-order chi connectivity index (χ0) is 13.4. The van der Waals surface area contributed by atoms with Crippen LogP contribution in [0.2, 0.25) is 0 Å². The Kier molecular flexibility index (Phi) is 6.00. The van der Waals surface area contributed by atoms with E-state index in [0.717, 1.165) is 5.75 Å². The Bertz CT molecular complexity index is 362. The fourth-order valence-electron chi connectivity index (χ4n) is 1.26. The van der Waals surface area contributed by atoms with Gasteiger partial charge >= 0.3 is 0 Å². The van der Waals surface area contributed by atoms with E-state index >= 15 is 0 Å². The molecular formula is C13H19NO4. The summed E-state index contributed by atoms with van der Waals surface area (Å²) >= 11 is 0. The molecule has 0 bridgehead atoms. The van der Waals surface area contributed by atoms with Crippen molar-refractivity contribution in [3.8, 4) is 11.5 Å². The molecule has 1 rings (SSSR count). The molecule has 0 aliphatic heterocycles. The van der Waals surface area contributed by atoms with Gasteiger partial charge in [0, 0.05) is 6.54 Å². The standard InChI is InChI=1S/C13H19NO4/c1-3-17-11-4-6-12(7-5-11)18-9-13(16)14-8-10(2)15/h4-7,10,15H,3,8-9H2,1-2H3,(H,14,16)/t10-/m0/s1. The second kappa shape index (κ2) is 7.55. The molecule has 5 nitrogen and oxygen atoms in total. The molecule has 0 fully saturated rings. The molecule has 0 aliphatic rings. The van der Waals surface area contributed by atoms with Crippen molar-refractivity contribution in [2.45, 2.75) is 20.0 Å². The molecule has 1 amide bonds. The van der Waals surface area contributed by atoms with Crippen LogP contribution < -0.4 is 14.8 Å². The van der Waals surface area contributed by atoms with Crippen molar-refractivity contribution in [3.63, 3.8) is 0 Å². The van der Waals surface area contributed by atoms with Gasteiger partial charge in [0.1, 0.15) is 11.5 Å². The summed E-state index contributed by atoms with van der Waals surface area (Å²) in [7, 11) is 0. The number of rotatable bonds is 7. The highest BCUT2D eigenvalue weighted by atomic mass is 16.5. The number of benzene rings is 1. The number of nitrogens with one attached hydrogen (secondary N) is 1. The Morgan fingerprint density at radius 3 is 2.33 bits per heavy atom. The minimum atomic E-state index is -0.556. The van der Waals surface area contributed by atoms with Crippen LogP contribution in [0.25, 0.3) is 0 Å². The van der Waals surface area contributed by atoms with E-state index in [9.17, 15) is 4.79 Å². The Balaban J connectivity index is 2.32. The zero-order valence-electron chi connectivity index (χ0n) is 10.7. The fourth-order valence-corrected chi connectivity index (χ4v) is 1.26. The predicted octanol–water partition coefficient (Wildman–Crippen LogP) is 0.961. The molecule has 1 atom stereocenters. The third-order valence-corrected chi connectivity index (χ3v) is 2.10. The molecule has 1 aromatic carbocycles. The topological polar surface area (TPSA) is 67.8 Å². The van der Waals surface area contributed by atoms with Crippen molar-refractivity contribution in [1.82, 2.24) is 5.32 Å². The molecule has 0 saturated carbocycles. The maximum atomic E-state index is 11.3. The highest BCUT2D eigenvalue weighted by Crippen LogP contribution is 2.17. The van der Waals surface area contributed by atoms with E-state index in [2.05, 4.69) is 5.32 Å². The third kappa shape index (κ3) is 5.54. The van der Waals surface area contributed by atoms with Gasteiger partial charge in [0.2, 0.25) is 0 Å². The number of amides is 1. The molecular weight excluding hydrogens is 234 g/mol. The first-order valence-corrected chi connectivity index (χ1v) is 5.92. The second-order valence-corrected chi connectivity index (χ2v) is 3.85. The highest BCUT2D eigenvalue weighted by Gasteiger charge is 2.04. The monoisotopic (exact) mass is 253 g/mol. The van der Waals surface area contributed by atoms with Crippen molar-refractivity contribution in [1.29, 1.82) is 0 Å². The van der Waals surface area contributed by atoms with E-state index in [4.69, 9.17) is 14.6 Å². The third-order valence-electron chi connectivity index (χ3n) is 2.10. The molecule has 0 aliphatic carbocycles. The average Bonchev–Trinajstić information content (AvgIpc) is 2.36. The number of aliphatic hydroxyl groups is 1. The average molecular weight is 253 g/mol. The number of carbonyl (C=O) groups excluding carboxylic acids is 1. The van der Waals surface area contributed by atoms with Gasteiger partial charge in [-0.15, -0.1) is 0 Å². The Labute approximate surface area is 107 Å². The number of hydrogen-bond donors (Lipinski definition) is 2. The summed E-state index contributed by atoms with van der Waals surface area (Å²) in [6, 6.07) is 7.05.